The molecule has 0 aliphatic heterocycles. The van der Waals surface area contributed by atoms with Crippen molar-refractivity contribution in [1.29, 1.82) is 0 Å². The first kappa shape index (κ1) is 14.9. The van der Waals surface area contributed by atoms with E-state index in [0.717, 1.165) is 17.3 Å². The van der Waals surface area contributed by atoms with Crippen molar-refractivity contribution in [2.45, 2.75) is 32.4 Å². The Balaban J connectivity index is 1.92. The average molecular weight is 295 g/mol. The monoisotopic (exact) mass is 294 g/mol. The minimum atomic E-state index is -0.903. The molecule has 1 amide bonds. The smallest absolute Gasteiger partial charge is 0.248 e. The molecule has 1 atom stereocenters. The molecule has 0 saturated heterocycles. The number of fused-ring (bicyclic) bond motifs is 1. The Labute approximate surface area is 123 Å². The van der Waals surface area contributed by atoms with Crippen LogP contribution in [0.5, 0.6) is 0 Å². The van der Waals surface area contributed by atoms with E-state index >= 15 is 0 Å². The van der Waals surface area contributed by atoms with Gasteiger partial charge in [-0.05, 0) is 30.7 Å². The summed E-state index contributed by atoms with van der Waals surface area (Å²) in [5, 5.41) is 14.1. The number of carbonyl (C=O) groups is 1. The number of halogens is 1. The first-order valence-electron chi connectivity index (χ1n) is 6.82. The van der Waals surface area contributed by atoms with Crippen LogP contribution in [0.2, 0.25) is 5.02 Å². The third kappa shape index (κ3) is 3.52. The number of rotatable bonds is 6. The van der Waals surface area contributed by atoms with Gasteiger partial charge in [0.15, 0.2) is 0 Å². The number of aliphatic hydroxyl groups is 1. The predicted octanol–water partition coefficient (Wildman–Crippen LogP) is 2.57. The van der Waals surface area contributed by atoms with Gasteiger partial charge in [0.1, 0.15) is 6.10 Å². The summed E-state index contributed by atoms with van der Waals surface area (Å²) in [6, 6.07) is 7.72. The number of amides is 1. The van der Waals surface area contributed by atoms with E-state index in [1.807, 2.05) is 37.4 Å². The van der Waals surface area contributed by atoms with Crippen molar-refractivity contribution in [3.63, 3.8) is 0 Å². The fourth-order valence-electron chi connectivity index (χ4n) is 2.19. The molecule has 4 nitrogen and oxygen atoms in total. The maximum atomic E-state index is 11.6. The van der Waals surface area contributed by atoms with Crippen LogP contribution in [0.4, 0.5) is 0 Å². The lowest BCUT2D eigenvalue weighted by atomic mass is 10.2. The van der Waals surface area contributed by atoms with Crippen LogP contribution in [0.1, 0.15) is 19.8 Å². The Bertz CT molecular complexity index is 595. The minimum Gasteiger partial charge on any atom is -0.383 e. The van der Waals surface area contributed by atoms with Crippen LogP contribution < -0.4 is 5.32 Å². The third-order valence-electron chi connectivity index (χ3n) is 3.25. The van der Waals surface area contributed by atoms with Crippen LogP contribution in [0, 0.1) is 0 Å². The van der Waals surface area contributed by atoms with Crippen molar-refractivity contribution in [2.75, 3.05) is 6.54 Å². The van der Waals surface area contributed by atoms with Crippen molar-refractivity contribution in [3.05, 3.63) is 35.5 Å². The first-order valence-corrected chi connectivity index (χ1v) is 7.19. The van der Waals surface area contributed by atoms with E-state index < -0.39 is 6.10 Å². The first-order chi connectivity index (χ1) is 9.61. The van der Waals surface area contributed by atoms with Crippen molar-refractivity contribution >= 4 is 28.4 Å². The second-order valence-electron chi connectivity index (χ2n) is 4.81. The predicted molar refractivity (Wildman–Crippen MR) is 80.9 cm³/mol. The highest BCUT2D eigenvalue weighted by molar-refractivity contribution is 6.31. The standard InChI is InChI=1S/C15H19ClN2O2/c1-2-3-14(19)15(20)17-7-9-18-8-6-11-10-12(16)4-5-13(11)18/h4-6,8,10,14,19H,2-3,7,9H2,1H3,(H,17,20)/t14-/m0/s1. The molecule has 0 unspecified atom stereocenters. The van der Waals surface area contributed by atoms with Crippen LogP contribution >= 0.6 is 11.6 Å². The van der Waals surface area contributed by atoms with Gasteiger partial charge in [-0.3, -0.25) is 4.79 Å². The summed E-state index contributed by atoms with van der Waals surface area (Å²) >= 11 is 5.94. The Morgan fingerprint density at radius 3 is 3.00 bits per heavy atom. The molecule has 0 bridgehead atoms. The van der Waals surface area contributed by atoms with Crippen molar-refractivity contribution in [2.24, 2.45) is 0 Å². The molecule has 108 valence electrons. The maximum Gasteiger partial charge on any atom is 0.248 e. The second-order valence-corrected chi connectivity index (χ2v) is 5.24. The van der Waals surface area contributed by atoms with Crippen LogP contribution in [0.15, 0.2) is 30.5 Å². The second kappa shape index (κ2) is 6.77. The highest BCUT2D eigenvalue weighted by Crippen LogP contribution is 2.20. The van der Waals surface area contributed by atoms with Gasteiger partial charge in [-0.1, -0.05) is 24.9 Å². The molecule has 2 aromatic rings. The van der Waals surface area contributed by atoms with E-state index in [9.17, 15) is 9.90 Å². The highest BCUT2D eigenvalue weighted by Gasteiger charge is 2.12. The molecule has 2 rings (SSSR count). The lowest BCUT2D eigenvalue weighted by Crippen LogP contribution is -2.36. The molecule has 0 fully saturated rings. The minimum absolute atomic E-state index is 0.300. The molecule has 0 radical (unpaired) electrons. The fourth-order valence-corrected chi connectivity index (χ4v) is 2.37. The molecular weight excluding hydrogens is 276 g/mol. The quantitative estimate of drug-likeness (QED) is 0.860. The molecule has 0 spiro atoms. The van der Waals surface area contributed by atoms with Gasteiger partial charge >= 0.3 is 0 Å². The van der Waals surface area contributed by atoms with E-state index in [1.54, 1.807) is 0 Å². The van der Waals surface area contributed by atoms with Gasteiger partial charge in [-0.15, -0.1) is 0 Å². The SMILES string of the molecule is CCC[C@H](O)C(=O)NCCn1ccc2cc(Cl)ccc21. The number of aromatic nitrogens is 1. The molecule has 5 heteroatoms. The van der Waals surface area contributed by atoms with E-state index in [1.165, 1.54) is 0 Å². The summed E-state index contributed by atoms with van der Waals surface area (Å²) in [6.45, 7) is 3.09. The van der Waals surface area contributed by atoms with E-state index in [4.69, 9.17) is 11.6 Å². The Morgan fingerprint density at radius 1 is 1.45 bits per heavy atom. The zero-order chi connectivity index (χ0) is 14.5. The van der Waals surface area contributed by atoms with E-state index in [2.05, 4.69) is 9.88 Å². The number of hydrogen-bond donors (Lipinski definition) is 2. The Hall–Kier alpha value is -1.52. The van der Waals surface area contributed by atoms with Crippen molar-refractivity contribution in [3.8, 4) is 0 Å². The third-order valence-corrected chi connectivity index (χ3v) is 3.48. The summed E-state index contributed by atoms with van der Waals surface area (Å²) in [7, 11) is 0. The zero-order valence-electron chi connectivity index (χ0n) is 11.5. The number of aliphatic hydroxyl groups excluding tert-OH is 1. The van der Waals surface area contributed by atoms with Gasteiger partial charge < -0.3 is 15.0 Å². The van der Waals surface area contributed by atoms with E-state index in [-0.39, 0.29) is 5.91 Å². The molecular formula is C15H19ClN2O2. The molecule has 2 N–H and O–H groups in total. The molecule has 1 aromatic carbocycles. The van der Waals surface area contributed by atoms with Crippen molar-refractivity contribution < 1.29 is 9.90 Å². The lowest BCUT2D eigenvalue weighted by Gasteiger charge is -2.11. The van der Waals surface area contributed by atoms with Gasteiger partial charge in [-0.25, -0.2) is 0 Å². The van der Waals surface area contributed by atoms with Gasteiger partial charge in [0, 0.05) is 35.2 Å². The number of carbonyl (C=O) groups excluding carboxylic acids is 1. The topological polar surface area (TPSA) is 54.3 Å². The largest absolute Gasteiger partial charge is 0.383 e. The van der Waals surface area contributed by atoms with Crippen LogP contribution in [0.3, 0.4) is 0 Å². The van der Waals surface area contributed by atoms with Gasteiger partial charge in [0.05, 0.1) is 0 Å². The summed E-state index contributed by atoms with van der Waals surface area (Å²) in [5.41, 5.74) is 1.08. The number of nitrogens with zero attached hydrogens (tertiary/aromatic N) is 1. The van der Waals surface area contributed by atoms with E-state index in [0.29, 0.717) is 24.5 Å². The van der Waals surface area contributed by atoms with Gasteiger partial charge in [-0.2, -0.15) is 0 Å². The number of benzene rings is 1. The van der Waals surface area contributed by atoms with Crippen molar-refractivity contribution in [1.82, 2.24) is 9.88 Å². The average Bonchev–Trinajstić information content (AvgIpc) is 2.81. The summed E-state index contributed by atoms with van der Waals surface area (Å²) in [5.74, 6) is -0.300. The molecule has 1 heterocycles. The molecule has 1 aromatic heterocycles. The molecule has 0 saturated carbocycles. The van der Waals surface area contributed by atoms with Crippen LogP contribution in [0.25, 0.3) is 10.9 Å². The number of hydrogen-bond acceptors (Lipinski definition) is 2. The van der Waals surface area contributed by atoms with Crippen LogP contribution in [-0.2, 0) is 11.3 Å². The van der Waals surface area contributed by atoms with Gasteiger partial charge in [0.2, 0.25) is 5.91 Å². The summed E-state index contributed by atoms with van der Waals surface area (Å²) < 4.78 is 2.05. The highest BCUT2D eigenvalue weighted by atomic mass is 35.5. The van der Waals surface area contributed by atoms with Crippen LogP contribution in [-0.4, -0.2) is 28.2 Å². The zero-order valence-corrected chi connectivity index (χ0v) is 12.2. The fraction of sp³-hybridized carbons (Fsp3) is 0.400. The molecule has 20 heavy (non-hydrogen) atoms. The van der Waals surface area contributed by atoms with Gasteiger partial charge in [0.25, 0.3) is 0 Å². The summed E-state index contributed by atoms with van der Waals surface area (Å²) in [4.78, 5) is 11.6. The molecule has 0 aliphatic carbocycles. The summed E-state index contributed by atoms with van der Waals surface area (Å²) in [6.07, 6.45) is 2.35. The Morgan fingerprint density at radius 2 is 2.25 bits per heavy atom. The Kier molecular flexibility index (Phi) is 5.04. The molecule has 0 aliphatic rings. The number of nitrogens with one attached hydrogen (secondary N) is 1. The maximum absolute atomic E-state index is 11.6. The normalized spacial score (nSPS) is 12.6. The lowest BCUT2D eigenvalue weighted by molar-refractivity contribution is -0.129.